The van der Waals surface area contributed by atoms with E-state index >= 15 is 0 Å². The summed E-state index contributed by atoms with van der Waals surface area (Å²) in [5.41, 5.74) is 1.99. The molecule has 0 unspecified atom stereocenters. The monoisotopic (exact) mass is 382 g/mol. The van der Waals surface area contributed by atoms with Crippen molar-refractivity contribution in [2.24, 2.45) is 0 Å². The molecule has 0 bridgehead atoms. The highest BCUT2D eigenvalue weighted by Crippen LogP contribution is 2.18. The summed E-state index contributed by atoms with van der Waals surface area (Å²) in [6.45, 7) is 4.82. The van der Waals surface area contributed by atoms with Crippen molar-refractivity contribution in [3.63, 3.8) is 0 Å². The standard InChI is InChI=1S/C23H30N2O3/c1-4-15-24-23(27)21(16-18-9-7-6-8-10-18)25(22(26)5-2)17-19-11-13-20(28-3)14-12-19/h6-14,21H,4-5,15-17H2,1-3H3,(H,24,27)/t21-/m0/s1. The van der Waals surface area contributed by atoms with Gasteiger partial charge in [0.25, 0.3) is 0 Å². The molecule has 0 aliphatic carbocycles. The van der Waals surface area contributed by atoms with Gasteiger partial charge in [0, 0.05) is 25.9 Å². The van der Waals surface area contributed by atoms with Gasteiger partial charge in [0.15, 0.2) is 0 Å². The Bertz CT molecular complexity index is 744. The highest BCUT2D eigenvalue weighted by molar-refractivity contribution is 5.87. The number of carbonyl (C=O) groups is 2. The third-order valence-electron chi connectivity index (χ3n) is 4.63. The zero-order valence-corrected chi connectivity index (χ0v) is 17.0. The van der Waals surface area contributed by atoms with Crippen LogP contribution in [0.1, 0.15) is 37.8 Å². The lowest BCUT2D eigenvalue weighted by atomic mass is 10.0. The topological polar surface area (TPSA) is 58.6 Å². The predicted octanol–water partition coefficient (Wildman–Crippen LogP) is 3.57. The van der Waals surface area contributed by atoms with E-state index in [2.05, 4.69) is 5.32 Å². The second-order valence-electron chi connectivity index (χ2n) is 6.72. The van der Waals surface area contributed by atoms with Gasteiger partial charge in [-0.1, -0.05) is 56.3 Å². The van der Waals surface area contributed by atoms with E-state index in [1.807, 2.05) is 68.4 Å². The minimum absolute atomic E-state index is 0.0385. The van der Waals surface area contributed by atoms with Crippen LogP contribution in [-0.4, -0.2) is 36.4 Å². The van der Waals surface area contributed by atoms with Crippen molar-refractivity contribution >= 4 is 11.8 Å². The zero-order valence-electron chi connectivity index (χ0n) is 17.0. The molecule has 0 aliphatic rings. The number of hydrogen-bond acceptors (Lipinski definition) is 3. The van der Waals surface area contributed by atoms with Crippen LogP contribution in [0.25, 0.3) is 0 Å². The summed E-state index contributed by atoms with van der Waals surface area (Å²) < 4.78 is 5.21. The van der Waals surface area contributed by atoms with Crippen LogP contribution in [0.15, 0.2) is 54.6 Å². The molecule has 0 aliphatic heterocycles. The number of ether oxygens (including phenoxy) is 1. The van der Waals surface area contributed by atoms with Crippen LogP contribution in [0.4, 0.5) is 0 Å². The second-order valence-corrected chi connectivity index (χ2v) is 6.72. The maximum absolute atomic E-state index is 12.9. The zero-order chi connectivity index (χ0) is 20.4. The lowest BCUT2D eigenvalue weighted by Crippen LogP contribution is -2.50. The summed E-state index contributed by atoms with van der Waals surface area (Å²) in [6.07, 6.45) is 1.69. The highest BCUT2D eigenvalue weighted by Gasteiger charge is 2.29. The van der Waals surface area contributed by atoms with Gasteiger partial charge >= 0.3 is 0 Å². The summed E-state index contributed by atoms with van der Waals surface area (Å²) in [4.78, 5) is 27.4. The number of nitrogens with one attached hydrogen (secondary N) is 1. The molecule has 5 nitrogen and oxygen atoms in total. The van der Waals surface area contributed by atoms with Gasteiger partial charge < -0.3 is 15.0 Å². The Morgan fingerprint density at radius 1 is 1.00 bits per heavy atom. The normalized spacial score (nSPS) is 11.5. The smallest absolute Gasteiger partial charge is 0.243 e. The molecule has 0 spiro atoms. The first-order valence-corrected chi connectivity index (χ1v) is 9.83. The molecular weight excluding hydrogens is 352 g/mol. The van der Waals surface area contributed by atoms with Crippen molar-refractivity contribution in [3.8, 4) is 5.75 Å². The molecule has 2 rings (SSSR count). The summed E-state index contributed by atoms with van der Waals surface area (Å²) in [7, 11) is 1.62. The van der Waals surface area contributed by atoms with E-state index in [1.165, 1.54) is 0 Å². The molecule has 2 aromatic rings. The Labute approximate surface area is 167 Å². The summed E-state index contributed by atoms with van der Waals surface area (Å²) in [5, 5.41) is 2.96. The number of methoxy groups -OCH3 is 1. The molecule has 28 heavy (non-hydrogen) atoms. The molecule has 0 aromatic heterocycles. The van der Waals surface area contributed by atoms with Crippen molar-refractivity contribution in [1.29, 1.82) is 0 Å². The number of rotatable bonds is 10. The van der Waals surface area contributed by atoms with Gasteiger partial charge in [-0.05, 0) is 29.7 Å². The largest absolute Gasteiger partial charge is 0.497 e. The van der Waals surface area contributed by atoms with E-state index < -0.39 is 6.04 Å². The van der Waals surface area contributed by atoms with Crippen LogP contribution >= 0.6 is 0 Å². The first-order valence-electron chi connectivity index (χ1n) is 9.83. The third kappa shape index (κ3) is 6.12. The fourth-order valence-corrected chi connectivity index (χ4v) is 3.05. The minimum Gasteiger partial charge on any atom is -0.497 e. The minimum atomic E-state index is -0.552. The number of amides is 2. The van der Waals surface area contributed by atoms with Crippen molar-refractivity contribution < 1.29 is 14.3 Å². The van der Waals surface area contributed by atoms with Crippen LogP contribution in [0, 0.1) is 0 Å². The van der Waals surface area contributed by atoms with Crippen molar-refractivity contribution in [2.45, 2.75) is 45.7 Å². The van der Waals surface area contributed by atoms with Gasteiger partial charge in [-0.15, -0.1) is 0 Å². The molecule has 2 amide bonds. The molecular formula is C23H30N2O3. The maximum Gasteiger partial charge on any atom is 0.243 e. The Morgan fingerprint density at radius 2 is 1.68 bits per heavy atom. The molecule has 0 fully saturated rings. The lowest BCUT2D eigenvalue weighted by molar-refractivity contribution is -0.141. The molecule has 0 saturated heterocycles. The highest BCUT2D eigenvalue weighted by atomic mass is 16.5. The molecule has 0 radical (unpaired) electrons. The fourth-order valence-electron chi connectivity index (χ4n) is 3.05. The molecule has 150 valence electrons. The van der Waals surface area contributed by atoms with Crippen LogP contribution in [0.3, 0.4) is 0 Å². The Kier molecular flexibility index (Phi) is 8.53. The summed E-state index contributed by atoms with van der Waals surface area (Å²) >= 11 is 0. The Hall–Kier alpha value is -2.82. The SMILES string of the molecule is CCCNC(=O)[C@H](Cc1ccccc1)N(Cc1ccc(OC)cc1)C(=O)CC. The van der Waals surface area contributed by atoms with Crippen molar-refractivity contribution in [3.05, 3.63) is 65.7 Å². The molecule has 0 saturated carbocycles. The number of nitrogens with zero attached hydrogens (tertiary/aromatic N) is 1. The fraction of sp³-hybridized carbons (Fsp3) is 0.391. The van der Waals surface area contributed by atoms with Crippen molar-refractivity contribution in [1.82, 2.24) is 10.2 Å². The van der Waals surface area contributed by atoms with Gasteiger partial charge in [-0.2, -0.15) is 0 Å². The third-order valence-corrected chi connectivity index (χ3v) is 4.63. The first kappa shape index (κ1) is 21.5. The quantitative estimate of drug-likeness (QED) is 0.683. The van der Waals surface area contributed by atoms with Crippen LogP contribution in [-0.2, 0) is 22.6 Å². The van der Waals surface area contributed by atoms with E-state index in [0.717, 1.165) is 23.3 Å². The molecule has 0 heterocycles. The Morgan fingerprint density at radius 3 is 2.25 bits per heavy atom. The van der Waals surface area contributed by atoms with Gasteiger partial charge in [0.05, 0.1) is 7.11 Å². The van der Waals surface area contributed by atoms with Gasteiger partial charge in [-0.25, -0.2) is 0 Å². The van der Waals surface area contributed by atoms with Gasteiger partial charge in [-0.3, -0.25) is 9.59 Å². The molecule has 1 atom stereocenters. The van der Waals surface area contributed by atoms with Gasteiger partial charge in [0.2, 0.25) is 11.8 Å². The summed E-state index contributed by atoms with van der Waals surface area (Å²) in [6, 6.07) is 16.9. The maximum atomic E-state index is 12.9. The average Bonchev–Trinajstić information content (AvgIpc) is 2.75. The molecule has 2 aromatic carbocycles. The first-order chi connectivity index (χ1) is 13.6. The van der Waals surface area contributed by atoms with Crippen LogP contribution in [0.2, 0.25) is 0 Å². The predicted molar refractivity (Wildman–Crippen MR) is 111 cm³/mol. The lowest BCUT2D eigenvalue weighted by Gasteiger charge is -2.31. The van der Waals surface area contributed by atoms with E-state index in [-0.39, 0.29) is 11.8 Å². The van der Waals surface area contributed by atoms with Gasteiger partial charge in [0.1, 0.15) is 11.8 Å². The second kappa shape index (κ2) is 11.1. The number of carbonyl (C=O) groups excluding carboxylic acids is 2. The van der Waals surface area contributed by atoms with Crippen LogP contribution < -0.4 is 10.1 Å². The van der Waals surface area contributed by atoms with Crippen molar-refractivity contribution in [2.75, 3.05) is 13.7 Å². The Balaban J connectivity index is 2.30. The van der Waals surface area contributed by atoms with E-state index in [4.69, 9.17) is 4.74 Å². The average molecular weight is 383 g/mol. The van der Waals surface area contributed by atoms with Crippen LogP contribution in [0.5, 0.6) is 5.75 Å². The van der Waals surface area contributed by atoms with E-state index in [0.29, 0.717) is 25.9 Å². The number of hydrogen-bond donors (Lipinski definition) is 1. The molecule has 5 heteroatoms. The number of benzene rings is 2. The summed E-state index contributed by atoms with van der Waals surface area (Å²) in [5.74, 6) is 0.614. The van der Waals surface area contributed by atoms with E-state index in [9.17, 15) is 9.59 Å². The molecule has 1 N–H and O–H groups in total. The van der Waals surface area contributed by atoms with E-state index in [1.54, 1.807) is 12.0 Å².